The van der Waals surface area contributed by atoms with E-state index in [1.807, 2.05) is 42.5 Å². The number of ketones is 1. The largest absolute Gasteiger partial charge is 0.483 e. The van der Waals surface area contributed by atoms with Gasteiger partial charge in [-0.15, -0.1) is 0 Å². The molecule has 2 aromatic rings. The molecule has 0 amide bonds. The summed E-state index contributed by atoms with van der Waals surface area (Å²) in [7, 11) is 0. The molecule has 1 aliphatic rings. The van der Waals surface area contributed by atoms with Gasteiger partial charge in [0.2, 0.25) is 5.78 Å². The van der Waals surface area contributed by atoms with Gasteiger partial charge in [0.05, 0.1) is 10.6 Å². The van der Waals surface area contributed by atoms with Gasteiger partial charge in [0.15, 0.2) is 6.61 Å². The van der Waals surface area contributed by atoms with Crippen molar-refractivity contribution in [2.75, 3.05) is 6.61 Å². The molecule has 0 saturated heterocycles. The molecule has 1 aliphatic heterocycles. The molecule has 0 saturated carbocycles. The van der Waals surface area contributed by atoms with Crippen molar-refractivity contribution in [2.45, 2.75) is 0 Å². The van der Waals surface area contributed by atoms with Crippen molar-refractivity contribution in [1.29, 1.82) is 0 Å². The number of halogens is 1. The zero-order valence-corrected chi connectivity index (χ0v) is 9.70. The Balaban J connectivity index is 2.18. The summed E-state index contributed by atoms with van der Waals surface area (Å²) in [5, 5.41) is 0.493. The number of carbonyl (C=O) groups excluding carboxylic acids is 1. The van der Waals surface area contributed by atoms with E-state index in [2.05, 4.69) is 0 Å². The van der Waals surface area contributed by atoms with Gasteiger partial charge in [-0.25, -0.2) is 0 Å². The summed E-state index contributed by atoms with van der Waals surface area (Å²) in [6.07, 6.45) is 0. The molecule has 0 aromatic heterocycles. The van der Waals surface area contributed by atoms with Crippen molar-refractivity contribution in [3.8, 4) is 16.9 Å². The Hall–Kier alpha value is -1.80. The van der Waals surface area contributed by atoms with Crippen LogP contribution in [0.3, 0.4) is 0 Å². The molecule has 3 heteroatoms. The van der Waals surface area contributed by atoms with Crippen molar-refractivity contribution in [3.63, 3.8) is 0 Å². The first-order valence-electron chi connectivity index (χ1n) is 5.30. The second-order valence-corrected chi connectivity index (χ2v) is 4.32. The molecule has 84 valence electrons. The maximum atomic E-state index is 11.6. The van der Waals surface area contributed by atoms with Crippen molar-refractivity contribution in [1.82, 2.24) is 0 Å². The average Bonchev–Trinajstić information content (AvgIpc) is 2.73. The summed E-state index contributed by atoms with van der Waals surface area (Å²) in [4.78, 5) is 11.6. The smallest absolute Gasteiger partial charge is 0.204 e. The monoisotopic (exact) mass is 244 g/mol. The predicted molar refractivity (Wildman–Crippen MR) is 66.7 cm³/mol. The van der Waals surface area contributed by atoms with Gasteiger partial charge >= 0.3 is 0 Å². The second kappa shape index (κ2) is 3.90. The van der Waals surface area contributed by atoms with Crippen molar-refractivity contribution in [3.05, 3.63) is 53.1 Å². The van der Waals surface area contributed by atoms with E-state index < -0.39 is 0 Å². The third-order valence-electron chi connectivity index (χ3n) is 2.80. The van der Waals surface area contributed by atoms with Gasteiger partial charge in [-0.05, 0) is 23.3 Å². The van der Waals surface area contributed by atoms with Crippen molar-refractivity contribution >= 4 is 17.4 Å². The molecule has 0 spiro atoms. The molecular formula is C14H9ClO2. The normalized spacial score (nSPS) is 13.4. The molecule has 0 aliphatic carbocycles. The van der Waals surface area contributed by atoms with Crippen LogP contribution in [0.4, 0.5) is 0 Å². The van der Waals surface area contributed by atoms with E-state index in [1.165, 1.54) is 0 Å². The highest BCUT2D eigenvalue weighted by molar-refractivity contribution is 6.33. The topological polar surface area (TPSA) is 26.3 Å². The molecule has 17 heavy (non-hydrogen) atoms. The number of fused-ring (bicyclic) bond motifs is 1. The quantitative estimate of drug-likeness (QED) is 0.766. The van der Waals surface area contributed by atoms with Crippen LogP contribution in [0.2, 0.25) is 5.02 Å². The summed E-state index contributed by atoms with van der Waals surface area (Å²) in [5.74, 6) is 0.496. The van der Waals surface area contributed by atoms with E-state index in [1.54, 1.807) is 0 Å². The number of ether oxygens (including phenoxy) is 1. The highest BCUT2D eigenvalue weighted by Crippen LogP contribution is 2.37. The molecule has 1 heterocycles. The lowest BCUT2D eigenvalue weighted by Gasteiger charge is -2.05. The summed E-state index contributed by atoms with van der Waals surface area (Å²) >= 11 is 6.11. The van der Waals surface area contributed by atoms with Crippen LogP contribution < -0.4 is 4.74 Å². The van der Waals surface area contributed by atoms with Gasteiger partial charge in [-0.3, -0.25) is 4.79 Å². The molecule has 0 N–H and O–H groups in total. The Bertz CT molecular complexity index is 591. The fourth-order valence-corrected chi connectivity index (χ4v) is 2.23. The lowest BCUT2D eigenvalue weighted by atomic mass is 10.0. The first-order chi connectivity index (χ1) is 8.25. The highest BCUT2D eigenvalue weighted by Gasteiger charge is 2.24. The van der Waals surface area contributed by atoms with Gasteiger partial charge in [0.1, 0.15) is 5.75 Å². The first kappa shape index (κ1) is 10.4. The van der Waals surface area contributed by atoms with E-state index in [4.69, 9.17) is 16.3 Å². The maximum absolute atomic E-state index is 11.6. The number of Topliss-reactive ketones (excluding diaryl/α,β-unsaturated/α-hetero) is 1. The zero-order chi connectivity index (χ0) is 11.8. The summed E-state index contributed by atoms with van der Waals surface area (Å²) in [5.41, 5.74) is 2.56. The van der Waals surface area contributed by atoms with E-state index >= 15 is 0 Å². The molecule has 3 rings (SSSR count). The lowest BCUT2D eigenvalue weighted by molar-refractivity contribution is 0.0961. The van der Waals surface area contributed by atoms with E-state index in [-0.39, 0.29) is 12.4 Å². The van der Waals surface area contributed by atoms with Gasteiger partial charge in [0.25, 0.3) is 0 Å². The molecule has 2 aromatic carbocycles. The van der Waals surface area contributed by atoms with Crippen LogP contribution in [0, 0.1) is 0 Å². The minimum absolute atomic E-state index is 0.0142. The Morgan fingerprint density at radius 1 is 1.06 bits per heavy atom. The summed E-state index contributed by atoms with van der Waals surface area (Å²) < 4.78 is 5.25. The average molecular weight is 245 g/mol. The number of carbonyl (C=O) groups is 1. The summed E-state index contributed by atoms with van der Waals surface area (Å²) in [6.45, 7) is 0.0906. The molecule has 0 fully saturated rings. The Morgan fingerprint density at radius 3 is 2.59 bits per heavy atom. The fourth-order valence-electron chi connectivity index (χ4n) is 1.96. The Morgan fingerprint density at radius 2 is 1.82 bits per heavy atom. The maximum Gasteiger partial charge on any atom is 0.204 e. The Kier molecular flexibility index (Phi) is 2.37. The predicted octanol–water partition coefficient (Wildman–Crippen LogP) is 3.58. The van der Waals surface area contributed by atoms with Crippen LogP contribution in [0.15, 0.2) is 42.5 Å². The number of hydrogen-bond acceptors (Lipinski definition) is 2. The molecule has 2 nitrogen and oxygen atoms in total. The highest BCUT2D eigenvalue weighted by atomic mass is 35.5. The number of hydrogen-bond donors (Lipinski definition) is 0. The van der Waals surface area contributed by atoms with Crippen LogP contribution >= 0.6 is 11.6 Å². The van der Waals surface area contributed by atoms with E-state index in [0.29, 0.717) is 16.3 Å². The molecule has 0 bridgehead atoms. The van der Waals surface area contributed by atoms with Crippen molar-refractivity contribution < 1.29 is 9.53 Å². The van der Waals surface area contributed by atoms with Crippen LogP contribution in [-0.4, -0.2) is 12.4 Å². The molecule has 0 unspecified atom stereocenters. The lowest BCUT2D eigenvalue weighted by Crippen LogP contribution is -1.98. The molecule has 0 radical (unpaired) electrons. The SMILES string of the molecule is O=C1COc2c(Cl)cc(-c3ccccc3)cc21. The van der Waals surface area contributed by atoms with Crippen LogP contribution in [-0.2, 0) is 0 Å². The second-order valence-electron chi connectivity index (χ2n) is 3.91. The van der Waals surface area contributed by atoms with Crippen LogP contribution in [0.5, 0.6) is 5.75 Å². The number of rotatable bonds is 1. The first-order valence-corrected chi connectivity index (χ1v) is 5.68. The van der Waals surface area contributed by atoms with Gasteiger partial charge in [-0.1, -0.05) is 41.9 Å². The van der Waals surface area contributed by atoms with Gasteiger partial charge in [-0.2, -0.15) is 0 Å². The van der Waals surface area contributed by atoms with Gasteiger partial charge < -0.3 is 4.74 Å². The van der Waals surface area contributed by atoms with Crippen LogP contribution in [0.1, 0.15) is 10.4 Å². The Labute approximate surface area is 104 Å². The third-order valence-corrected chi connectivity index (χ3v) is 3.08. The zero-order valence-electron chi connectivity index (χ0n) is 8.94. The third kappa shape index (κ3) is 1.71. The van der Waals surface area contributed by atoms with Crippen molar-refractivity contribution in [2.24, 2.45) is 0 Å². The molecule has 0 atom stereocenters. The van der Waals surface area contributed by atoms with E-state index in [9.17, 15) is 4.79 Å². The minimum atomic E-state index is -0.0142. The standard InChI is InChI=1S/C14H9ClO2/c15-12-7-10(9-4-2-1-3-5-9)6-11-13(16)8-17-14(11)12/h1-7H,8H2. The summed E-state index contributed by atoms with van der Waals surface area (Å²) in [6, 6.07) is 13.5. The van der Waals surface area contributed by atoms with E-state index in [0.717, 1.165) is 11.1 Å². The fraction of sp³-hybridized carbons (Fsp3) is 0.0714. The minimum Gasteiger partial charge on any atom is -0.483 e. The van der Waals surface area contributed by atoms with Gasteiger partial charge in [0, 0.05) is 0 Å². The van der Waals surface area contributed by atoms with Crippen LogP contribution in [0.25, 0.3) is 11.1 Å². The molecular weight excluding hydrogens is 236 g/mol. The number of benzene rings is 2.